The Morgan fingerprint density at radius 2 is 2.36 bits per heavy atom. The first-order valence-electron chi connectivity index (χ1n) is 3.50. The van der Waals surface area contributed by atoms with E-state index in [0.717, 1.165) is 0 Å². The van der Waals surface area contributed by atoms with Crippen LogP contribution in [0, 0.1) is 6.92 Å². The van der Waals surface area contributed by atoms with Gasteiger partial charge < -0.3 is 10.7 Å². The second kappa shape index (κ2) is 3.90. The van der Waals surface area contributed by atoms with Crippen LogP contribution >= 0.6 is 12.2 Å². The van der Waals surface area contributed by atoms with Crippen LogP contribution in [0.1, 0.15) is 5.82 Å². The first kappa shape index (κ1) is 10.9. The highest BCUT2D eigenvalue weighted by atomic mass is 32.2. The van der Waals surface area contributed by atoms with Gasteiger partial charge in [-0.1, -0.05) is 0 Å². The Kier molecular flexibility index (Phi) is 3.03. The summed E-state index contributed by atoms with van der Waals surface area (Å²) in [6.45, 7) is 1.64. The van der Waals surface area contributed by atoms with Gasteiger partial charge in [0, 0.05) is 0 Å². The Hall–Kier alpha value is -1.19. The fourth-order valence-corrected chi connectivity index (χ4v) is 1.65. The average molecular weight is 235 g/mol. The zero-order valence-corrected chi connectivity index (χ0v) is 8.87. The van der Waals surface area contributed by atoms with Gasteiger partial charge in [0.15, 0.2) is 10.1 Å². The zero-order valence-electron chi connectivity index (χ0n) is 7.23. The maximum absolute atomic E-state index is 11.4. The van der Waals surface area contributed by atoms with Crippen LogP contribution in [0.2, 0.25) is 0 Å². The smallest absolute Gasteiger partial charge is 0.274 e. The number of hydrazine groups is 1. The standard InChI is InChI=1S/C5H9N5O2S2/c1-3-7-2-4(8-3)14(11,12)10-9-5(6)13/h2,10H,1H3,(H,7,8)(H3,6,9,13). The summed E-state index contributed by atoms with van der Waals surface area (Å²) in [6, 6.07) is 0. The van der Waals surface area contributed by atoms with Crippen molar-refractivity contribution in [1.82, 2.24) is 20.2 Å². The Bertz CT molecular complexity index is 437. The molecule has 0 saturated heterocycles. The molecule has 1 aromatic rings. The van der Waals surface area contributed by atoms with Crippen molar-refractivity contribution in [2.75, 3.05) is 0 Å². The number of hydrogen-bond donors (Lipinski definition) is 4. The number of aromatic nitrogens is 2. The van der Waals surface area contributed by atoms with Crippen LogP contribution in [0.3, 0.4) is 0 Å². The number of nitrogens with zero attached hydrogens (tertiary/aromatic N) is 1. The van der Waals surface area contributed by atoms with E-state index in [1.54, 1.807) is 6.92 Å². The zero-order chi connectivity index (χ0) is 10.8. The third-order valence-corrected chi connectivity index (χ3v) is 2.54. The summed E-state index contributed by atoms with van der Waals surface area (Å²) in [5.41, 5.74) is 7.17. The molecule has 0 unspecified atom stereocenters. The van der Waals surface area contributed by atoms with Crippen molar-refractivity contribution in [1.29, 1.82) is 0 Å². The molecule has 14 heavy (non-hydrogen) atoms. The van der Waals surface area contributed by atoms with Crippen LogP contribution < -0.4 is 16.0 Å². The summed E-state index contributed by atoms with van der Waals surface area (Å²) in [6.07, 6.45) is 1.19. The molecule has 0 radical (unpaired) electrons. The van der Waals surface area contributed by atoms with Gasteiger partial charge >= 0.3 is 0 Å². The minimum Gasteiger partial charge on any atom is -0.375 e. The van der Waals surface area contributed by atoms with Crippen molar-refractivity contribution in [3.63, 3.8) is 0 Å². The number of sulfonamides is 1. The molecule has 0 bridgehead atoms. The van der Waals surface area contributed by atoms with Crippen LogP contribution in [0.15, 0.2) is 11.2 Å². The van der Waals surface area contributed by atoms with Crippen molar-refractivity contribution in [3.8, 4) is 0 Å². The number of nitrogens with one attached hydrogen (secondary N) is 3. The van der Waals surface area contributed by atoms with Crippen molar-refractivity contribution >= 4 is 27.4 Å². The lowest BCUT2D eigenvalue weighted by Gasteiger charge is -2.04. The number of thiocarbonyl (C=S) groups is 1. The minimum atomic E-state index is -3.68. The summed E-state index contributed by atoms with van der Waals surface area (Å²) < 4.78 is 22.8. The van der Waals surface area contributed by atoms with E-state index in [1.165, 1.54) is 6.20 Å². The monoisotopic (exact) mass is 235 g/mol. The fourth-order valence-electron chi connectivity index (χ4n) is 0.707. The van der Waals surface area contributed by atoms with Gasteiger partial charge in [-0.2, -0.15) is 0 Å². The second-order valence-electron chi connectivity index (χ2n) is 2.43. The molecule has 0 aliphatic carbocycles. The van der Waals surface area contributed by atoms with Crippen LogP contribution in [-0.2, 0) is 10.0 Å². The third kappa shape index (κ3) is 2.65. The molecule has 5 N–H and O–H groups in total. The van der Waals surface area contributed by atoms with Gasteiger partial charge in [-0.3, -0.25) is 5.43 Å². The lowest BCUT2D eigenvalue weighted by Crippen LogP contribution is -2.44. The normalized spacial score (nSPS) is 11.2. The van der Waals surface area contributed by atoms with E-state index in [-0.39, 0.29) is 10.1 Å². The molecule has 0 amide bonds. The largest absolute Gasteiger partial charge is 0.375 e. The molecule has 9 heteroatoms. The molecule has 0 spiro atoms. The minimum absolute atomic E-state index is 0.0567. The number of rotatable bonds is 3. The highest BCUT2D eigenvalue weighted by Crippen LogP contribution is 2.02. The van der Waals surface area contributed by atoms with Crippen LogP contribution in [0.5, 0.6) is 0 Å². The van der Waals surface area contributed by atoms with Gasteiger partial charge in [0.25, 0.3) is 10.0 Å². The maximum Gasteiger partial charge on any atom is 0.274 e. The number of aromatic amines is 1. The molecular formula is C5H9N5O2S2. The van der Waals surface area contributed by atoms with Gasteiger partial charge in [-0.25, -0.2) is 13.4 Å². The van der Waals surface area contributed by atoms with E-state index >= 15 is 0 Å². The first-order chi connectivity index (χ1) is 6.42. The maximum atomic E-state index is 11.4. The Morgan fingerprint density at radius 1 is 1.71 bits per heavy atom. The Labute approximate surface area is 86.1 Å². The molecular weight excluding hydrogens is 226 g/mol. The van der Waals surface area contributed by atoms with Crippen LogP contribution in [-0.4, -0.2) is 23.5 Å². The van der Waals surface area contributed by atoms with Crippen LogP contribution in [0.4, 0.5) is 0 Å². The average Bonchev–Trinajstić information content (AvgIpc) is 2.49. The van der Waals surface area contributed by atoms with Crippen molar-refractivity contribution in [2.24, 2.45) is 5.73 Å². The van der Waals surface area contributed by atoms with E-state index in [2.05, 4.69) is 27.6 Å². The predicted octanol–water partition coefficient (Wildman–Crippen LogP) is -1.26. The predicted molar refractivity (Wildman–Crippen MR) is 53.6 cm³/mol. The molecule has 1 rings (SSSR count). The van der Waals surface area contributed by atoms with E-state index < -0.39 is 10.0 Å². The lowest BCUT2D eigenvalue weighted by molar-refractivity contribution is 0.574. The SMILES string of the molecule is Cc1ncc(S(=O)(=O)NNC(N)=S)[nH]1. The molecule has 0 aliphatic heterocycles. The molecule has 0 fully saturated rings. The summed E-state index contributed by atoms with van der Waals surface area (Å²) in [4.78, 5) is 8.27. The molecule has 0 saturated carbocycles. The van der Waals surface area contributed by atoms with Gasteiger partial charge in [-0.15, -0.1) is 4.83 Å². The molecule has 7 nitrogen and oxygen atoms in total. The molecule has 0 atom stereocenters. The summed E-state index contributed by atoms with van der Waals surface area (Å²) in [5, 5.41) is -0.219. The van der Waals surface area contributed by atoms with E-state index in [0.29, 0.717) is 5.82 Å². The number of H-pyrrole nitrogens is 1. The molecule has 78 valence electrons. The summed E-state index contributed by atoms with van der Waals surface area (Å²) in [7, 11) is -3.68. The Morgan fingerprint density at radius 3 is 2.79 bits per heavy atom. The molecule has 1 heterocycles. The second-order valence-corrected chi connectivity index (χ2v) is 4.52. The lowest BCUT2D eigenvalue weighted by atomic mass is 10.8. The highest BCUT2D eigenvalue weighted by molar-refractivity contribution is 7.89. The topological polar surface area (TPSA) is 113 Å². The molecule has 0 aliphatic rings. The quantitative estimate of drug-likeness (QED) is 0.384. The van der Waals surface area contributed by atoms with E-state index in [1.807, 2.05) is 4.83 Å². The highest BCUT2D eigenvalue weighted by Gasteiger charge is 2.15. The Balaban J connectivity index is 2.81. The van der Waals surface area contributed by atoms with Gasteiger partial charge in [0.2, 0.25) is 0 Å². The fraction of sp³-hybridized carbons (Fsp3) is 0.200. The van der Waals surface area contributed by atoms with Crippen molar-refractivity contribution < 1.29 is 8.42 Å². The summed E-state index contributed by atoms with van der Waals surface area (Å²) in [5.74, 6) is 0.501. The third-order valence-electron chi connectivity index (χ3n) is 1.28. The molecule has 1 aromatic heterocycles. The number of nitrogens with two attached hydrogens (primary N) is 1. The number of imidazole rings is 1. The van der Waals surface area contributed by atoms with Gasteiger partial charge in [-0.05, 0) is 19.1 Å². The first-order valence-corrected chi connectivity index (χ1v) is 5.40. The van der Waals surface area contributed by atoms with Gasteiger partial charge in [0.1, 0.15) is 5.82 Å². The number of aryl methyl sites for hydroxylation is 1. The van der Waals surface area contributed by atoms with Crippen molar-refractivity contribution in [3.05, 3.63) is 12.0 Å². The van der Waals surface area contributed by atoms with E-state index in [9.17, 15) is 8.42 Å². The van der Waals surface area contributed by atoms with E-state index in [4.69, 9.17) is 5.73 Å². The van der Waals surface area contributed by atoms with Gasteiger partial charge in [0.05, 0.1) is 6.20 Å². The summed E-state index contributed by atoms with van der Waals surface area (Å²) >= 11 is 4.43. The van der Waals surface area contributed by atoms with Crippen LogP contribution in [0.25, 0.3) is 0 Å². The molecule has 0 aromatic carbocycles. The number of hydrogen-bond acceptors (Lipinski definition) is 4. The van der Waals surface area contributed by atoms with Crippen molar-refractivity contribution in [2.45, 2.75) is 11.9 Å².